The lowest BCUT2D eigenvalue weighted by Gasteiger charge is -2.26. The van der Waals surface area contributed by atoms with Gasteiger partial charge in [0.15, 0.2) is 0 Å². The molecule has 64 heavy (non-hydrogen) atoms. The molecule has 0 radical (unpaired) electrons. The van der Waals surface area contributed by atoms with E-state index in [1.54, 1.807) is 0 Å². The molecule has 0 aromatic heterocycles. The van der Waals surface area contributed by atoms with E-state index < -0.39 is 47.9 Å². The van der Waals surface area contributed by atoms with Crippen molar-refractivity contribution >= 4 is 47.8 Å². The van der Waals surface area contributed by atoms with Gasteiger partial charge in [-0.25, -0.2) is 0 Å². The molecule has 0 aliphatic heterocycles. The number of hydrogen-bond acceptors (Lipinski definition) is 17. The fraction of sp³-hybridized carbons (Fsp3) is 0.795. The molecule has 0 aromatic carbocycles. The molecule has 0 saturated carbocycles. The fourth-order valence-electron chi connectivity index (χ4n) is 5.04. The third kappa shape index (κ3) is 30.5. The lowest BCUT2D eigenvalue weighted by atomic mass is 10.3. The zero-order chi connectivity index (χ0) is 48.1. The van der Waals surface area contributed by atoms with Crippen LogP contribution in [-0.2, 0) is 66.8 Å². The highest BCUT2D eigenvalue weighted by atomic mass is 16.6. The van der Waals surface area contributed by atoms with Crippen LogP contribution in [0.3, 0.4) is 0 Å². The molecule has 0 rings (SSSR count). The lowest BCUT2D eigenvalue weighted by Crippen LogP contribution is -2.49. The first-order valence-corrected chi connectivity index (χ1v) is 21.0. The van der Waals surface area contributed by atoms with Gasteiger partial charge in [0, 0.05) is 81.6 Å². The number of hydrogen-bond donors (Lipinski definition) is 4. The van der Waals surface area contributed by atoms with Gasteiger partial charge in [0.1, 0.15) is 0 Å². The molecule has 0 aliphatic carbocycles. The van der Waals surface area contributed by atoms with Crippen molar-refractivity contribution in [2.45, 2.75) is 0 Å². The van der Waals surface area contributed by atoms with Crippen LogP contribution in [0.2, 0.25) is 0 Å². The Morgan fingerprint density at radius 2 is 0.719 bits per heavy atom. The molecule has 25 nitrogen and oxygen atoms in total. The van der Waals surface area contributed by atoms with Crippen LogP contribution in [0, 0.1) is 0 Å². The first-order chi connectivity index (χ1) is 30.6. The van der Waals surface area contributed by atoms with Crippen molar-refractivity contribution in [3.63, 3.8) is 0 Å². The number of nitrogens with two attached hydrogens (primary N) is 2. The highest BCUT2D eigenvalue weighted by Crippen LogP contribution is 1.99. The van der Waals surface area contributed by atoms with Crippen LogP contribution < -0.4 is 22.1 Å². The van der Waals surface area contributed by atoms with Crippen molar-refractivity contribution in [1.82, 2.24) is 44.9 Å². The summed E-state index contributed by atoms with van der Waals surface area (Å²) in [4.78, 5) is 107. The summed E-state index contributed by atoms with van der Waals surface area (Å²) in [7, 11) is 8.26. The molecular weight excluding hydrogens is 846 g/mol. The van der Waals surface area contributed by atoms with E-state index in [0.717, 1.165) is 44.1 Å². The summed E-state index contributed by atoms with van der Waals surface area (Å²) in [5.41, 5.74) is 11.2. The highest BCUT2D eigenvalue weighted by Gasteiger charge is 2.24. The number of ether oxygens (including phenoxy) is 6. The highest BCUT2D eigenvalue weighted by molar-refractivity contribution is 5.92. The van der Waals surface area contributed by atoms with Gasteiger partial charge < -0.3 is 79.9 Å². The minimum Gasteiger partial charge on any atom is -0.378 e. The number of likely N-dealkylation sites (N-methyl/N-ethyl adjacent to an activating group) is 6. The summed E-state index contributed by atoms with van der Waals surface area (Å²) < 4.78 is 32.9. The largest absolute Gasteiger partial charge is 0.378 e. The van der Waals surface area contributed by atoms with E-state index in [1.165, 1.54) is 47.2 Å². The first kappa shape index (κ1) is 59.4. The van der Waals surface area contributed by atoms with Crippen LogP contribution in [0.15, 0.2) is 0 Å². The minimum absolute atomic E-state index is 0.212. The van der Waals surface area contributed by atoms with Gasteiger partial charge in [-0.2, -0.15) is 0 Å². The van der Waals surface area contributed by atoms with Gasteiger partial charge in [-0.05, 0) is 0 Å². The van der Waals surface area contributed by atoms with Gasteiger partial charge in [-0.1, -0.05) is 0 Å². The molecule has 0 aliphatic rings. The van der Waals surface area contributed by atoms with E-state index in [4.69, 9.17) is 39.9 Å². The van der Waals surface area contributed by atoms with E-state index >= 15 is 0 Å². The van der Waals surface area contributed by atoms with Crippen molar-refractivity contribution in [3.8, 4) is 0 Å². The second-order valence-corrected chi connectivity index (χ2v) is 14.4. The Morgan fingerprint density at radius 1 is 0.422 bits per heavy atom. The molecule has 0 atom stereocenters. The summed E-state index contributed by atoms with van der Waals surface area (Å²) in [6, 6.07) is 0. The third-order valence-electron chi connectivity index (χ3n) is 9.01. The Kier molecular flexibility index (Phi) is 35.0. The standard InChI is InChI=1S/C39H75N11O14/c1-44(26-33(52)43-9-13-59-15-17-61-19-21-63-23-24-64-22-20-62-18-16-60-14-12-50(10-7-40)11-8-41)35(54)28-46(3)37(56)30-48(5)39(58)31-49(6)38(57)29-47(4)36(55)27-45(2)34(53)25-42-32-51/h32H,7-31,40-41H2,1-6H3,(H,42,51)(H,43,52). The van der Waals surface area contributed by atoms with Gasteiger partial charge >= 0.3 is 0 Å². The maximum atomic E-state index is 12.8. The van der Waals surface area contributed by atoms with E-state index in [9.17, 15) is 38.4 Å². The van der Waals surface area contributed by atoms with Gasteiger partial charge in [0.05, 0.1) is 125 Å². The molecular formula is C39H75N11O14. The smallest absolute Gasteiger partial charge is 0.242 e. The van der Waals surface area contributed by atoms with Crippen molar-refractivity contribution in [2.75, 3.05) is 207 Å². The summed E-state index contributed by atoms with van der Waals surface area (Å²) in [5, 5.41) is 4.86. The Labute approximate surface area is 377 Å². The maximum absolute atomic E-state index is 12.8. The third-order valence-corrected chi connectivity index (χ3v) is 9.01. The van der Waals surface area contributed by atoms with Gasteiger partial charge in [-0.3, -0.25) is 43.3 Å². The molecule has 0 bridgehead atoms. The van der Waals surface area contributed by atoms with Crippen molar-refractivity contribution < 1.29 is 66.8 Å². The molecule has 8 amide bonds. The zero-order valence-electron chi connectivity index (χ0n) is 38.8. The number of carbonyl (C=O) groups is 8. The number of amides is 8. The van der Waals surface area contributed by atoms with Crippen LogP contribution in [0.4, 0.5) is 0 Å². The summed E-state index contributed by atoms with van der Waals surface area (Å²) in [6.45, 7) is 6.46. The summed E-state index contributed by atoms with van der Waals surface area (Å²) in [6.07, 6.45) is 0.357. The Balaban J connectivity index is 4.02. The molecule has 0 fully saturated rings. The number of carbonyl (C=O) groups excluding carboxylic acids is 8. The predicted octanol–water partition coefficient (Wildman–Crippen LogP) is -6.08. The number of nitrogens with one attached hydrogen (secondary N) is 2. The van der Waals surface area contributed by atoms with Gasteiger partial charge in [-0.15, -0.1) is 0 Å². The monoisotopic (exact) mass is 922 g/mol. The Hall–Kier alpha value is -4.60. The van der Waals surface area contributed by atoms with Crippen LogP contribution in [0.5, 0.6) is 0 Å². The fourth-order valence-corrected chi connectivity index (χ4v) is 5.04. The summed E-state index contributed by atoms with van der Waals surface area (Å²) in [5.74, 6) is -3.67. The minimum atomic E-state index is -0.572. The number of nitrogens with zero attached hydrogens (tertiary/aromatic N) is 7. The Morgan fingerprint density at radius 3 is 1.05 bits per heavy atom. The molecule has 370 valence electrons. The lowest BCUT2D eigenvalue weighted by molar-refractivity contribution is -0.145. The topological polar surface area (TPSA) is 291 Å². The molecule has 0 spiro atoms. The molecule has 0 unspecified atom stereocenters. The van der Waals surface area contributed by atoms with Gasteiger partial charge in [0.2, 0.25) is 47.8 Å². The van der Waals surface area contributed by atoms with Crippen LogP contribution >= 0.6 is 0 Å². The average Bonchev–Trinajstić information content (AvgIpc) is 3.25. The second kappa shape index (κ2) is 37.7. The second-order valence-electron chi connectivity index (χ2n) is 14.4. The molecule has 0 heterocycles. The van der Waals surface area contributed by atoms with Crippen LogP contribution in [-0.4, -0.2) is 289 Å². The molecule has 0 saturated heterocycles. The average molecular weight is 922 g/mol. The molecule has 25 heteroatoms. The molecule has 6 N–H and O–H groups in total. The van der Waals surface area contributed by atoms with E-state index in [-0.39, 0.29) is 52.4 Å². The van der Waals surface area contributed by atoms with Gasteiger partial charge in [0.25, 0.3) is 0 Å². The van der Waals surface area contributed by atoms with Crippen molar-refractivity contribution in [1.29, 1.82) is 0 Å². The van der Waals surface area contributed by atoms with Crippen LogP contribution in [0.25, 0.3) is 0 Å². The summed E-state index contributed by atoms with van der Waals surface area (Å²) >= 11 is 0. The SMILES string of the molecule is CN(CC(=O)NCCOCCOCCOCCOCCOCCOCCN(CCN)CCN)C(=O)CN(C)C(=O)CN(C)C(=O)CN(C)C(=O)CN(C)C(=O)CN(C)C(=O)CNC=O. The predicted molar refractivity (Wildman–Crippen MR) is 232 cm³/mol. The first-order valence-electron chi connectivity index (χ1n) is 21.0. The molecule has 0 aromatic rings. The van der Waals surface area contributed by atoms with E-state index in [2.05, 4.69) is 15.5 Å². The quantitative estimate of drug-likeness (QED) is 0.0329. The van der Waals surface area contributed by atoms with Crippen molar-refractivity contribution in [3.05, 3.63) is 0 Å². The van der Waals surface area contributed by atoms with E-state index in [0.29, 0.717) is 92.2 Å². The maximum Gasteiger partial charge on any atom is 0.242 e. The normalized spacial score (nSPS) is 10.9. The Bertz CT molecular complexity index is 1360. The van der Waals surface area contributed by atoms with Crippen molar-refractivity contribution in [2.24, 2.45) is 11.5 Å². The zero-order valence-corrected chi connectivity index (χ0v) is 38.8. The van der Waals surface area contributed by atoms with Crippen LogP contribution in [0.1, 0.15) is 0 Å². The van der Waals surface area contributed by atoms with E-state index in [1.807, 2.05) is 0 Å². The number of rotatable bonds is 40.